The van der Waals surface area contributed by atoms with Gasteiger partial charge in [0.1, 0.15) is 0 Å². The monoisotopic (exact) mass is 281 g/mol. The average Bonchev–Trinajstić information content (AvgIpc) is 2.07. The highest BCUT2D eigenvalue weighted by Gasteiger charge is 2.38. The lowest BCUT2D eigenvalue weighted by atomic mass is 10.2. The smallest absolute Gasteiger partial charge is 0.280 e. The van der Waals surface area contributed by atoms with Crippen LogP contribution in [-0.4, -0.2) is 29.4 Å². The molecule has 0 spiro atoms. The van der Waals surface area contributed by atoms with Gasteiger partial charge < -0.3 is 0 Å². The largest absolute Gasteiger partial charge is 0.492 e. The van der Waals surface area contributed by atoms with Crippen molar-refractivity contribution in [3.05, 3.63) is 0 Å². The molecule has 110 valence electrons. The van der Waals surface area contributed by atoms with Crippen LogP contribution >= 0.6 is 7.82 Å². The van der Waals surface area contributed by atoms with Gasteiger partial charge in [0.05, 0.1) is 11.2 Å². The summed E-state index contributed by atoms with van der Waals surface area (Å²) in [5, 5.41) is 1.57. The van der Waals surface area contributed by atoms with Gasteiger partial charge in [0, 0.05) is 13.1 Å². The fourth-order valence-corrected chi connectivity index (χ4v) is 3.16. The lowest BCUT2D eigenvalue weighted by Gasteiger charge is -2.33. The highest BCUT2D eigenvalue weighted by atomic mass is 31.2. The first kappa shape index (κ1) is 18.1. The lowest BCUT2D eigenvalue weighted by Crippen LogP contribution is -2.29. The van der Waals surface area contributed by atoms with E-state index in [1.54, 1.807) is 5.06 Å². The van der Waals surface area contributed by atoms with Crippen LogP contribution in [0.3, 0.4) is 0 Å². The molecule has 5 nitrogen and oxygen atoms in total. The molecule has 18 heavy (non-hydrogen) atoms. The molecule has 0 heterocycles. The van der Waals surface area contributed by atoms with Crippen molar-refractivity contribution >= 4 is 7.82 Å². The molecule has 0 aromatic rings. The Bertz CT molecular complexity index is 269. The number of nitrogens with zero attached hydrogens (tertiary/aromatic N) is 1. The van der Waals surface area contributed by atoms with Crippen molar-refractivity contribution in [2.75, 3.05) is 13.1 Å². The molecule has 0 saturated heterocycles. The van der Waals surface area contributed by atoms with Crippen LogP contribution in [0.5, 0.6) is 0 Å². The summed E-state index contributed by atoms with van der Waals surface area (Å²) in [5.74, 6) is 0. The summed E-state index contributed by atoms with van der Waals surface area (Å²) in [7, 11) is -3.63. The standard InChI is InChI=1S/C12H28NO4P/c1-9-13(10-2)17-18(14,15-11(3,4)5)16-12(6,7)8/h9-10H2,1-8H3. The third kappa shape index (κ3) is 8.22. The van der Waals surface area contributed by atoms with Gasteiger partial charge >= 0.3 is 7.82 Å². The van der Waals surface area contributed by atoms with E-state index >= 15 is 0 Å². The molecule has 0 bridgehead atoms. The van der Waals surface area contributed by atoms with Gasteiger partial charge in [-0.25, -0.2) is 4.57 Å². The Labute approximate surface area is 111 Å². The molecule has 0 atom stereocenters. The number of hydrogen-bond donors (Lipinski definition) is 0. The summed E-state index contributed by atoms with van der Waals surface area (Å²) < 4.78 is 29.1. The maximum Gasteiger partial charge on any atom is 0.492 e. The van der Waals surface area contributed by atoms with Crippen molar-refractivity contribution in [1.29, 1.82) is 0 Å². The maximum atomic E-state index is 12.7. The van der Waals surface area contributed by atoms with E-state index in [9.17, 15) is 4.57 Å². The van der Waals surface area contributed by atoms with E-state index in [1.165, 1.54) is 0 Å². The highest BCUT2D eigenvalue weighted by Crippen LogP contribution is 2.55. The zero-order valence-corrected chi connectivity index (χ0v) is 13.8. The third-order valence-corrected chi connectivity index (χ3v) is 3.67. The van der Waals surface area contributed by atoms with E-state index in [4.69, 9.17) is 13.7 Å². The highest BCUT2D eigenvalue weighted by molar-refractivity contribution is 7.48. The molecule has 0 aliphatic rings. The zero-order valence-electron chi connectivity index (χ0n) is 12.9. The Morgan fingerprint density at radius 2 is 1.22 bits per heavy atom. The SMILES string of the molecule is CCN(CC)OP(=O)(OC(C)(C)C)OC(C)(C)C. The molecule has 6 heteroatoms. The quantitative estimate of drug-likeness (QED) is 0.544. The first-order chi connectivity index (χ1) is 7.91. The fraction of sp³-hybridized carbons (Fsp3) is 1.00. The summed E-state index contributed by atoms with van der Waals surface area (Å²) in [6, 6.07) is 0. The van der Waals surface area contributed by atoms with Gasteiger partial charge in [0.15, 0.2) is 0 Å². The summed E-state index contributed by atoms with van der Waals surface area (Å²) in [5.41, 5.74) is -1.21. The van der Waals surface area contributed by atoms with Crippen LogP contribution < -0.4 is 0 Å². The molecule has 0 aliphatic carbocycles. The molecular formula is C12H28NO4P. The maximum absolute atomic E-state index is 12.7. The van der Waals surface area contributed by atoms with Gasteiger partial charge in [-0.2, -0.15) is 9.69 Å². The minimum atomic E-state index is -3.63. The Hall–Kier alpha value is 0.0700. The molecule has 0 unspecified atom stereocenters. The lowest BCUT2D eigenvalue weighted by molar-refractivity contribution is -0.109. The van der Waals surface area contributed by atoms with Crippen molar-refractivity contribution < 1.29 is 18.2 Å². The van der Waals surface area contributed by atoms with Gasteiger partial charge in [-0.05, 0) is 41.5 Å². The summed E-state index contributed by atoms with van der Waals surface area (Å²) >= 11 is 0. The van der Waals surface area contributed by atoms with Gasteiger partial charge in [0.25, 0.3) is 0 Å². The fourth-order valence-electron chi connectivity index (χ4n) is 1.20. The third-order valence-electron chi connectivity index (χ3n) is 1.69. The molecule has 0 aromatic carbocycles. The summed E-state index contributed by atoms with van der Waals surface area (Å²) in [6.45, 7) is 16.0. The van der Waals surface area contributed by atoms with Gasteiger partial charge in [-0.1, -0.05) is 13.8 Å². The molecule has 0 N–H and O–H groups in total. The van der Waals surface area contributed by atoms with Crippen LogP contribution in [0.1, 0.15) is 55.4 Å². The molecule has 0 saturated carbocycles. The second kappa shape index (κ2) is 6.49. The Morgan fingerprint density at radius 1 is 0.889 bits per heavy atom. The minimum absolute atomic E-state index is 0.603. The molecule has 0 amide bonds. The predicted molar refractivity (Wildman–Crippen MR) is 73.3 cm³/mol. The van der Waals surface area contributed by atoms with Crippen LogP contribution in [0.25, 0.3) is 0 Å². The normalized spacial score (nSPS) is 14.3. The van der Waals surface area contributed by atoms with Crippen molar-refractivity contribution in [2.45, 2.75) is 66.6 Å². The van der Waals surface area contributed by atoms with Crippen molar-refractivity contribution in [2.24, 2.45) is 0 Å². The zero-order chi connectivity index (χ0) is 14.6. The summed E-state index contributed by atoms with van der Waals surface area (Å²) in [6.07, 6.45) is 0. The van der Waals surface area contributed by atoms with Crippen LogP contribution in [0, 0.1) is 0 Å². The molecule has 0 fully saturated rings. The van der Waals surface area contributed by atoms with Crippen LogP contribution in [0.15, 0.2) is 0 Å². The van der Waals surface area contributed by atoms with E-state index in [1.807, 2.05) is 55.4 Å². The number of phosphoric acid groups is 1. The molecular weight excluding hydrogens is 253 g/mol. The average molecular weight is 281 g/mol. The van der Waals surface area contributed by atoms with E-state index in [-0.39, 0.29) is 0 Å². The van der Waals surface area contributed by atoms with E-state index in [0.717, 1.165) is 0 Å². The van der Waals surface area contributed by atoms with E-state index in [2.05, 4.69) is 0 Å². The van der Waals surface area contributed by atoms with Gasteiger partial charge in [0.2, 0.25) is 0 Å². The summed E-state index contributed by atoms with van der Waals surface area (Å²) in [4.78, 5) is 0. The number of hydroxylamine groups is 2. The Kier molecular flexibility index (Phi) is 6.51. The number of rotatable bonds is 6. The topological polar surface area (TPSA) is 48.0 Å². The molecule has 0 rings (SSSR count). The van der Waals surface area contributed by atoms with Crippen molar-refractivity contribution in [3.8, 4) is 0 Å². The second-order valence-electron chi connectivity index (χ2n) is 6.05. The first-order valence-corrected chi connectivity index (χ1v) is 7.83. The molecule has 0 radical (unpaired) electrons. The van der Waals surface area contributed by atoms with Crippen molar-refractivity contribution in [3.63, 3.8) is 0 Å². The predicted octanol–water partition coefficient (Wildman–Crippen LogP) is 4.00. The van der Waals surface area contributed by atoms with Gasteiger partial charge in [-0.15, -0.1) is 0 Å². The Balaban J connectivity index is 4.98. The van der Waals surface area contributed by atoms with Crippen molar-refractivity contribution in [1.82, 2.24) is 5.06 Å². The molecule has 0 aromatic heterocycles. The van der Waals surface area contributed by atoms with Gasteiger partial charge in [-0.3, -0.25) is 9.05 Å². The number of phosphoric ester groups is 1. The Morgan fingerprint density at radius 3 is 1.44 bits per heavy atom. The molecule has 0 aliphatic heterocycles. The van der Waals surface area contributed by atoms with E-state index < -0.39 is 19.0 Å². The van der Waals surface area contributed by atoms with Crippen LogP contribution in [0.4, 0.5) is 0 Å². The second-order valence-corrected chi connectivity index (χ2v) is 7.47. The first-order valence-electron chi connectivity index (χ1n) is 6.37. The number of hydrogen-bond acceptors (Lipinski definition) is 5. The minimum Gasteiger partial charge on any atom is -0.280 e. The van der Waals surface area contributed by atoms with Crippen LogP contribution in [-0.2, 0) is 18.2 Å². The van der Waals surface area contributed by atoms with E-state index in [0.29, 0.717) is 13.1 Å². The van der Waals surface area contributed by atoms with Crippen LogP contribution in [0.2, 0.25) is 0 Å².